The van der Waals surface area contributed by atoms with Gasteiger partial charge in [-0.05, 0) is 25.6 Å². The van der Waals surface area contributed by atoms with Crippen LogP contribution in [0.15, 0.2) is 30.5 Å². The van der Waals surface area contributed by atoms with E-state index in [1.807, 2.05) is 37.5 Å². The number of carbonyl (C=O) groups is 1. The molecule has 1 saturated heterocycles. The molecule has 2 aromatic rings. The molecule has 1 atom stereocenters. The van der Waals surface area contributed by atoms with Gasteiger partial charge in [-0.2, -0.15) is 5.10 Å². The van der Waals surface area contributed by atoms with Crippen molar-refractivity contribution in [1.29, 1.82) is 0 Å². The van der Waals surface area contributed by atoms with Crippen LogP contribution in [-0.4, -0.2) is 46.8 Å². The minimum Gasteiger partial charge on any atom is -0.310 e. The van der Waals surface area contributed by atoms with Crippen molar-refractivity contribution in [2.75, 3.05) is 25.0 Å². The monoisotopic (exact) mass is 359 g/mol. The fourth-order valence-corrected chi connectivity index (χ4v) is 3.97. The summed E-state index contributed by atoms with van der Waals surface area (Å²) in [6.45, 7) is 4.13. The number of para-hydroxylation sites is 1. The molecule has 6 nitrogen and oxygen atoms in total. The van der Waals surface area contributed by atoms with E-state index in [1.54, 1.807) is 4.90 Å². The number of nitrogens with one attached hydrogen (secondary N) is 1. The van der Waals surface area contributed by atoms with Crippen LogP contribution in [0.3, 0.4) is 0 Å². The van der Waals surface area contributed by atoms with E-state index in [0.29, 0.717) is 11.6 Å². The maximum absolute atomic E-state index is 12.9. The van der Waals surface area contributed by atoms with E-state index in [4.69, 9.17) is 11.6 Å². The van der Waals surface area contributed by atoms with E-state index in [9.17, 15) is 4.79 Å². The molecule has 0 radical (unpaired) electrons. The van der Waals surface area contributed by atoms with Gasteiger partial charge < -0.3 is 10.2 Å². The number of aromatic nitrogens is 2. The van der Waals surface area contributed by atoms with Crippen molar-refractivity contribution >= 4 is 23.2 Å². The maximum atomic E-state index is 12.9. The van der Waals surface area contributed by atoms with E-state index >= 15 is 0 Å². The SMILES string of the molecule is CN(Cc1cnn2c1CNCC2)C1CCN(c2ccccc2Cl)C1=O. The Morgan fingerprint density at radius 1 is 1.36 bits per heavy atom. The maximum Gasteiger partial charge on any atom is 0.244 e. The molecule has 7 heteroatoms. The zero-order valence-corrected chi connectivity index (χ0v) is 15.0. The Kier molecular flexibility index (Phi) is 4.50. The van der Waals surface area contributed by atoms with Gasteiger partial charge in [0.15, 0.2) is 0 Å². The van der Waals surface area contributed by atoms with Crippen LogP contribution >= 0.6 is 11.6 Å². The number of likely N-dealkylation sites (N-methyl/N-ethyl adjacent to an activating group) is 1. The van der Waals surface area contributed by atoms with Crippen LogP contribution in [-0.2, 0) is 24.4 Å². The molecule has 2 aliphatic rings. The summed E-state index contributed by atoms with van der Waals surface area (Å²) in [5.74, 6) is 0.120. The molecule has 1 unspecified atom stereocenters. The third kappa shape index (κ3) is 3.05. The van der Waals surface area contributed by atoms with Crippen molar-refractivity contribution < 1.29 is 4.79 Å². The van der Waals surface area contributed by atoms with E-state index in [0.717, 1.165) is 38.3 Å². The standard InChI is InChI=1S/C18H22ClN5O/c1-22(12-13-10-21-24-9-7-20-11-17(13)24)16-6-8-23(18(16)25)15-5-3-2-4-14(15)19/h2-5,10,16,20H,6-9,11-12H2,1H3. The number of nitrogens with zero attached hydrogens (tertiary/aromatic N) is 4. The van der Waals surface area contributed by atoms with Gasteiger partial charge in [-0.1, -0.05) is 23.7 Å². The summed E-state index contributed by atoms with van der Waals surface area (Å²) >= 11 is 6.27. The molecule has 4 rings (SSSR count). The average Bonchev–Trinajstić information content (AvgIpc) is 3.20. The zero-order chi connectivity index (χ0) is 17.4. The second kappa shape index (κ2) is 6.78. The number of carbonyl (C=O) groups excluding carboxylic acids is 1. The van der Waals surface area contributed by atoms with Crippen LogP contribution in [0.1, 0.15) is 17.7 Å². The van der Waals surface area contributed by atoms with Gasteiger partial charge in [0.2, 0.25) is 5.91 Å². The van der Waals surface area contributed by atoms with Gasteiger partial charge in [0.05, 0.1) is 35.2 Å². The molecule has 2 aliphatic heterocycles. The smallest absolute Gasteiger partial charge is 0.244 e. The molecule has 1 fully saturated rings. The van der Waals surface area contributed by atoms with Crippen LogP contribution in [0.5, 0.6) is 0 Å². The minimum atomic E-state index is -0.122. The Hall–Kier alpha value is -1.89. The second-order valence-electron chi connectivity index (χ2n) is 6.68. The van der Waals surface area contributed by atoms with Crippen LogP contribution in [0, 0.1) is 0 Å². The Labute approximate surface area is 152 Å². The fraction of sp³-hybridized carbons (Fsp3) is 0.444. The average molecular weight is 360 g/mol. The van der Waals surface area contributed by atoms with Crippen LogP contribution in [0.25, 0.3) is 0 Å². The number of halogens is 1. The topological polar surface area (TPSA) is 53.4 Å². The molecule has 1 aromatic carbocycles. The Morgan fingerprint density at radius 3 is 3.04 bits per heavy atom. The molecular weight excluding hydrogens is 338 g/mol. The summed E-state index contributed by atoms with van der Waals surface area (Å²) in [5.41, 5.74) is 3.22. The van der Waals surface area contributed by atoms with Crippen molar-refractivity contribution in [2.24, 2.45) is 0 Å². The highest BCUT2D eigenvalue weighted by Gasteiger charge is 2.36. The molecule has 0 saturated carbocycles. The number of hydrogen-bond donors (Lipinski definition) is 1. The molecule has 25 heavy (non-hydrogen) atoms. The van der Waals surface area contributed by atoms with Gasteiger partial charge in [0.1, 0.15) is 0 Å². The number of hydrogen-bond acceptors (Lipinski definition) is 4. The highest BCUT2D eigenvalue weighted by atomic mass is 35.5. The van der Waals surface area contributed by atoms with E-state index in [-0.39, 0.29) is 11.9 Å². The summed E-state index contributed by atoms with van der Waals surface area (Å²) in [6, 6.07) is 7.41. The van der Waals surface area contributed by atoms with Crippen molar-refractivity contribution in [1.82, 2.24) is 20.0 Å². The Morgan fingerprint density at radius 2 is 2.20 bits per heavy atom. The number of rotatable bonds is 4. The molecule has 0 spiro atoms. The summed E-state index contributed by atoms with van der Waals surface area (Å²) in [4.78, 5) is 16.8. The predicted octanol–water partition coefficient (Wildman–Crippen LogP) is 1.88. The molecule has 1 N–H and O–H groups in total. The fourth-order valence-electron chi connectivity index (χ4n) is 3.73. The van der Waals surface area contributed by atoms with Crippen molar-refractivity contribution in [3.8, 4) is 0 Å². The highest BCUT2D eigenvalue weighted by Crippen LogP contribution is 2.30. The second-order valence-corrected chi connectivity index (χ2v) is 7.08. The van der Waals surface area contributed by atoms with E-state index in [1.165, 1.54) is 11.3 Å². The molecule has 132 valence electrons. The first kappa shape index (κ1) is 16.6. The van der Waals surface area contributed by atoms with Crippen LogP contribution < -0.4 is 10.2 Å². The molecule has 1 aromatic heterocycles. The lowest BCUT2D eigenvalue weighted by Crippen LogP contribution is -2.39. The van der Waals surface area contributed by atoms with Crippen LogP contribution in [0.2, 0.25) is 5.02 Å². The van der Waals surface area contributed by atoms with Gasteiger partial charge in [-0.25, -0.2) is 0 Å². The lowest BCUT2D eigenvalue weighted by atomic mass is 10.1. The van der Waals surface area contributed by atoms with Crippen LogP contribution in [0.4, 0.5) is 5.69 Å². The lowest BCUT2D eigenvalue weighted by Gasteiger charge is -2.25. The summed E-state index contributed by atoms with van der Waals surface area (Å²) in [7, 11) is 2.01. The summed E-state index contributed by atoms with van der Waals surface area (Å²) < 4.78 is 2.06. The summed E-state index contributed by atoms with van der Waals surface area (Å²) in [6.07, 6.45) is 2.74. The van der Waals surface area contributed by atoms with Gasteiger partial charge >= 0.3 is 0 Å². The number of anilines is 1. The van der Waals surface area contributed by atoms with Gasteiger partial charge in [-0.15, -0.1) is 0 Å². The molecular formula is C18H22ClN5O. The first-order valence-electron chi connectivity index (χ1n) is 8.65. The largest absolute Gasteiger partial charge is 0.310 e. The van der Waals surface area contributed by atoms with E-state index < -0.39 is 0 Å². The van der Waals surface area contributed by atoms with Crippen molar-refractivity contribution in [2.45, 2.75) is 32.1 Å². The Bertz CT molecular complexity index is 790. The minimum absolute atomic E-state index is 0.120. The number of amides is 1. The normalized spacial score (nSPS) is 20.4. The molecule has 0 bridgehead atoms. The van der Waals surface area contributed by atoms with Crippen molar-refractivity contribution in [3.05, 3.63) is 46.7 Å². The Balaban J connectivity index is 1.48. The van der Waals surface area contributed by atoms with E-state index in [2.05, 4.69) is 20.0 Å². The molecule has 1 amide bonds. The van der Waals surface area contributed by atoms with Gasteiger partial charge in [0.25, 0.3) is 0 Å². The first-order chi connectivity index (χ1) is 12.1. The highest BCUT2D eigenvalue weighted by molar-refractivity contribution is 6.33. The number of fused-ring (bicyclic) bond motifs is 1. The van der Waals surface area contributed by atoms with Gasteiger partial charge in [0, 0.05) is 31.7 Å². The first-order valence-corrected chi connectivity index (χ1v) is 9.03. The quantitative estimate of drug-likeness (QED) is 0.905. The lowest BCUT2D eigenvalue weighted by molar-refractivity contribution is -0.121. The van der Waals surface area contributed by atoms with Gasteiger partial charge in [-0.3, -0.25) is 14.4 Å². The number of benzene rings is 1. The summed E-state index contributed by atoms with van der Waals surface area (Å²) in [5, 5.41) is 8.47. The third-order valence-electron chi connectivity index (χ3n) is 5.10. The molecule has 3 heterocycles. The third-order valence-corrected chi connectivity index (χ3v) is 5.42. The zero-order valence-electron chi connectivity index (χ0n) is 14.3. The molecule has 0 aliphatic carbocycles. The predicted molar refractivity (Wildman–Crippen MR) is 97.6 cm³/mol. The van der Waals surface area contributed by atoms with Crippen molar-refractivity contribution in [3.63, 3.8) is 0 Å².